The molecule has 3 heterocycles. The van der Waals surface area contributed by atoms with E-state index in [4.69, 9.17) is 23.7 Å². The minimum absolute atomic E-state index is 0.105. The van der Waals surface area contributed by atoms with E-state index in [9.17, 15) is 35.4 Å². The van der Waals surface area contributed by atoms with E-state index >= 15 is 0 Å². The minimum atomic E-state index is -1.51. The number of hydrogen-bond donors (Lipinski definition) is 6. The third kappa shape index (κ3) is 12.0. The van der Waals surface area contributed by atoms with Gasteiger partial charge in [-0.3, -0.25) is 9.69 Å². The first-order chi connectivity index (χ1) is 25.3. The Kier molecular flexibility index (Phi) is 15.2. The van der Waals surface area contributed by atoms with E-state index in [0.29, 0.717) is 56.4 Å². The zero-order valence-electron chi connectivity index (χ0n) is 30.9. The van der Waals surface area contributed by atoms with Gasteiger partial charge in [-0.2, -0.15) is 0 Å². The molecule has 0 radical (unpaired) electrons. The lowest BCUT2D eigenvalue weighted by Crippen LogP contribution is -2.58. The highest BCUT2D eigenvalue weighted by atomic mass is 16.7. The Morgan fingerprint density at radius 3 is 1.68 bits per heavy atom. The van der Waals surface area contributed by atoms with E-state index in [2.05, 4.69) is 4.90 Å². The Morgan fingerprint density at radius 1 is 0.792 bits per heavy atom. The van der Waals surface area contributed by atoms with Crippen molar-refractivity contribution in [3.05, 3.63) is 71.8 Å². The van der Waals surface area contributed by atoms with Crippen molar-refractivity contribution in [2.45, 2.75) is 120 Å². The molecule has 5 rings (SSSR count). The van der Waals surface area contributed by atoms with Crippen molar-refractivity contribution in [2.24, 2.45) is 0 Å². The molecule has 3 aliphatic heterocycles. The fourth-order valence-electron chi connectivity index (χ4n) is 7.15. The van der Waals surface area contributed by atoms with Crippen molar-refractivity contribution >= 4 is 5.97 Å². The molecule has 0 spiro atoms. The van der Waals surface area contributed by atoms with Crippen LogP contribution in [0.25, 0.3) is 0 Å². The van der Waals surface area contributed by atoms with Gasteiger partial charge >= 0.3 is 5.97 Å². The molecule has 6 N–H and O–H groups in total. The van der Waals surface area contributed by atoms with Gasteiger partial charge in [0, 0.05) is 36.7 Å². The fourth-order valence-corrected chi connectivity index (χ4v) is 7.15. The second-order valence-electron chi connectivity index (χ2n) is 15.3. The van der Waals surface area contributed by atoms with Gasteiger partial charge in [0.05, 0.1) is 25.4 Å². The Hall–Kier alpha value is -2.57. The van der Waals surface area contributed by atoms with E-state index in [1.807, 2.05) is 86.3 Å². The topological polar surface area (TPSA) is 191 Å². The summed E-state index contributed by atoms with van der Waals surface area (Å²) in [7, 11) is 0. The summed E-state index contributed by atoms with van der Waals surface area (Å²) in [5.41, 5.74) is 0.871. The second kappa shape index (κ2) is 19.3. The SMILES string of the molecule is CC(C)(C)OC(=O)CCCN1CCC(N(C[C@H](O)[C@@H](O)[C@@H]2OC(c3ccccc3)OC[C@H]2O)C[C@H](O)[C@@H](O)[C@@H]2OC(c3ccccc3)OC[C@H]2O)CC1. The normalized spacial score (nSPS) is 28.6. The zero-order valence-corrected chi connectivity index (χ0v) is 30.9. The third-order valence-electron chi connectivity index (χ3n) is 9.95. The van der Waals surface area contributed by atoms with Crippen LogP contribution in [0.1, 0.15) is 70.2 Å². The molecule has 2 aromatic carbocycles. The van der Waals surface area contributed by atoms with Crippen LogP contribution in [0.4, 0.5) is 0 Å². The molecule has 2 unspecified atom stereocenters. The first kappa shape index (κ1) is 41.6. The van der Waals surface area contributed by atoms with Crippen LogP contribution in [0.15, 0.2) is 60.7 Å². The summed E-state index contributed by atoms with van der Waals surface area (Å²) in [6.07, 6.45) is -9.98. The van der Waals surface area contributed by atoms with Gasteiger partial charge in [-0.05, 0) is 59.7 Å². The van der Waals surface area contributed by atoms with E-state index < -0.39 is 67.0 Å². The molecule has 3 saturated heterocycles. The molecule has 2 aromatic rings. The summed E-state index contributed by atoms with van der Waals surface area (Å²) >= 11 is 0. The first-order valence-corrected chi connectivity index (χ1v) is 18.7. The highest BCUT2D eigenvalue weighted by Crippen LogP contribution is 2.31. The summed E-state index contributed by atoms with van der Waals surface area (Å²) in [6.45, 7) is 7.18. The van der Waals surface area contributed by atoms with Crippen LogP contribution in [-0.4, -0.2) is 153 Å². The Labute approximate surface area is 311 Å². The highest BCUT2D eigenvalue weighted by molar-refractivity contribution is 5.69. The van der Waals surface area contributed by atoms with Gasteiger partial charge in [-0.1, -0.05) is 60.7 Å². The Bertz CT molecular complexity index is 1300. The number of likely N-dealkylation sites (tertiary alicyclic amines) is 1. The second-order valence-corrected chi connectivity index (χ2v) is 15.3. The molecular weight excluding hydrogens is 688 g/mol. The number of ether oxygens (including phenoxy) is 5. The summed E-state index contributed by atoms with van der Waals surface area (Å²) in [6, 6.07) is 18.1. The molecule has 0 amide bonds. The average Bonchev–Trinajstić information content (AvgIpc) is 3.14. The number of aliphatic hydroxyl groups is 6. The standard InChI is InChI=1S/C39H58N2O12/c1-39(2,3)53-32(46)15-10-18-40-19-16-27(17-20-40)41(21-28(42)33(47)35-30(44)23-49-37(51-35)25-11-6-4-7-12-25)22-29(43)34(48)36-31(45)24-50-38(52-36)26-13-8-5-9-14-26/h4-9,11-14,27-31,33-38,42-45,47-48H,10,15-24H2,1-3H3/t28-,29-,30+,31+,33+,34+,35+,36+,37?,38?/m0/s1. The molecular formula is C39H58N2O12. The van der Waals surface area contributed by atoms with Crippen molar-refractivity contribution in [3.8, 4) is 0 Å². The summed E-state index contributed by atoms with van der Waals surface area (Å²) in [5.74, 6) is -0.235. The van der Waals surface area contributed by atoms with Crippen molar-refractivity contribution in [3.63, 3.8) is 0 Å². The molecule has 3 fully saturated rings. The van der Waals surface area contributed by atoms with Crippen molar-refractivity contribution in [1.82, 2.24) is 9.80 Å². The maximum atomic E-state index is 12.2. The van der Waals surface area contributed by atoms with Gasteiger partial charge in [-0.15, -0.1) is 0 Å². The highest BCUT2D eigenvalue weighted by Gasteiger charge is 2.43. The Morgan fingerprint density at radius 2 is 1.25 bits per heavy atom. The lowest BCUT2D eigenvalue weighted by molar-refractivity contribution is -0.285. The predicted octanol–water partition coefficient (Wildman–Crippen LogP) is 1.27. The van der Waals surface area contributed by atoms with E-state index in [1.165, 1.54) is 0 Å². The maximum Gasteiger partial charge on any atom is 0.306 e. The zero-order chi connectivity index (χ0) is 38.1. The van der Waals surface area contributed by atoms with Gasteiger partial charge in [0.15, 0.2) is 12.6 Å². The summed E-state index contributed by atoms with van der Waals surface area (Å²) in [4.78, 5) is 16.3. The van der Waals surface area contributed by atoms with Crippen LogP contribution in [-0.2, 0) is 28.5 Å². The molecule has 53 heavy (non-hydrogen) atoms. The van der Waals surface area contributed by atoms with Crippen molar-refractivity contribution in [1.29, 1.82) is 0 Å². The smallest absolute Gasteiger partial charge is 0.306 e. The number of esters is 1. The van der Waals surface area contributed by atoms with Crippen LogP contribution in [0.5, 0.6) is 0 Å². The molecule has 3 aliphatic rings. The van der Waals surface area contributed by atoms with E-state index in [0.717, 1.165) is 0 Å². The molecule has 14 heteroatoms. The predicted molar refractivity (Wildman–Crippen MR) is 192 cm³/mol. The number of carbonyl (C=O) groups is 1. The number of carbonyl (C=O) groups excluding carboxylic acids is 1. The fraction of sp³-hybridized carbons (Fsp3) is 0.667. The monoisotopic (exact) mass is 746 g/mol. The molecule has 0 bridgehead atoms. The van der Waals surface area contributed by atoms with Gasteiger partial charge in [0.25, 0.3) is 0 Å². The van der Waals surface area contributed by atoms with Crippen LogP contribution >= 0.6 is 0 Å². The lowest BCUT2D eigenvalue weighted by Gasteiger charge is -2.43. The Balaban J connectivity index is 1.24. The first-order valence-electron chi connectivity index (χ1n) is 18.7. The quantitative estimate of drug-likeness (QED) is 0.143. The number of nitrogens with zero attached hydrogens (tertiary/aromatic N) is 2. The molecule has 296 valence electrons. The maximum absolute atomic E-state index is 12.2. The minimum Gasteiger partial charge on any atom is -0.460 e. The van der Waals surface area contributed by atoms with Crippen LogP contribution in [0.3, 0.4) is 0 Å². The van der Waals surface area contributed by atoms with Gasteiger partial charge in [0.2, 0.25) is 0 Å². The van der Waals surface area contributed by atoms with Crippen molar-refractivity contribution < 1.29 is 59.1 Å². The summed E-state index contributed by atoms with van der Waals surface area (Å²) < 4.78 is 28.7. The van der Waals surface area contributed by atoms with Crippen molar-refractivity contribution in [2.75, 3.05) is 45.9 Å². The number of aliphatic hydroxyl groups excluding tert-OH is 6. The van der Waals surface area contributed by atoms with Crippen LogP contribution < -0.4 is 0 Å². The van der Waals surface area contributed by atoms with Gasteiger partial charge < -0.3 is 59.2 Å². The number of piperidine rings is 1. The number of rotatable bonds is 15. The lowest BCUT2D eigenvalue weighted by atomic mass is 9.96. The van der Waals surface area contributed by atoms with Crippen LogP contribution in [0, 0.1) is 0 Å². The third-order valence-corrected chi connectivity index (χ3v) is 9.95. The van der Waals surface area contributed by atoms with Gasteiger partial charge in [-0.25, -0.2) is 0 Å². The molecule has 0 aromatic heterocycles. The molecule has 10 atom stereocenters. The summed E-state index contributed by atoms with van der Waals surface area (Å²) in [5, 5.41) is 67.1. The molecule has 0 aliphatic carbocycles. The number of hydrogen-bond acceptors (Lipinski definition) is 14. The van der Waals surface area contributed by atoms with E-state index in [-0.39, 0.29) is 38.3 Å². The molecule has 14 nitrogen and oxygen atoms in total. The largest absolute Gasteiger partial charge is 0.460 e. The average molecular weight is 747 g/mol. The van der Waals surface area contributed by atoms with E-state index in [1.54, 1.807) is 0 Å². The van der Waals surface area contributed by atoms with Crippen LogP contribution in [0.2, 0.25) is 0 Å². The number of benzene rings is 2. The van der Waals surface area contributed by atoms with Gasteiger partial charge in [0.1, 0.15) is 42.2 Å². The molecule has 0 saturated carbocycles.